The lowest BCUT2D eigenvalue weighted by Gasteiger charge is -2.36. The Balaban J connectivity index is 1.78. The molecule has 1 aliphatic heterocycles. The number of carbonyl (C=O) groups excluding carboxylic acids is 1. The van der Waals surface area contributed by atoms with E-state index in [0.717, 1.165) is 31.2 Å². The van der Waals surface area contributed by atoms with Gasteiger partial charge < -0.3 is 5.32 Å². The predicted molar refractivity (Wildman–Crippen MR) is 102 cm³/mol. The van der Waals surface area contributed by atoms with Crippen LogP contribution in [0.1, 0.15) is 49.3 Å². The van der Waals surface area contributed by atoms with Crippen LogP contribution in [0.3, 0.4) is 0 Å². The molecule has 1 heterocycles. The Morgan fingerprint density at radius 2 is 1.92 bits per heavy atom. The van der Waals surface area contributed by atoms with Crippen LogP contribution >= 0.6 is 15.9 Å². The Morgan fingerprint density at radius 1 is 1.20 bits per heavy atom. The van der Waals surface area contributed by atoms with Crippen molar-refractivity contribution in [3.8, 4) is 0 Å². The highest BCUT2D eigenvalue weighted by Gasteiger charge is 2.35. The van der Waals surface area contributed by atoms with E-state index in [-0.39, 0.29) is 22.5 Å². The molecule has 1 fully saturated rings. The predicted octanol–water partition coefficient (Wildman–Crippen LogP) is 2.96. The van der Waals surface area contributed by atoms with Crippen LogP contribution in [0.5, 0.6) is 0 Å². The number of hydrogen-bond donors (Lipinski definition) is 1. The molecule has 1 amide bonds. The van der Waals surface area contributed by atoms with Gasteiger partial charge in [-0.2, -0.15) is 4.31 Å². The minimum absolute atomic E-state index is 0.0685. The molecule has 2 aliphatic rings. The molecule has 1 aliphatic carbocycles. The van der Waals surface area contributed by atoms with Gasteiger partial charge in [0.25, 0.3) is 0 Å². The van der Waals surface area contributed by atoms with E-state index in [1.165, 1.54) is 16.3 Å². The van der Waals surface area contributed by atoms with E-state index < -0.39 is 10.0 Å². The Labute approximate surface area is 158 Å². The summed E-state index contributed by atoms with van der Waals surface area (Å²) >= 11 is 3.10. The van der Waals surface area contributed by atoms with Crippen LogP contribution in [-0.4, -0.2) is 36.4 Å². The topological polar surface area (TPSA) is 66.5 Å². The highest BCUT2D eigenvalue weighted by Crippen LogP contribution is 2.32. The Morgan fingerprint density at radius 3 is 2.64 bits per heavy atom. The first-order chi connectivity index (χ1) is 12.0. The van der Waals surface area contributed by atoms with Gasteiger partial charge in [-0.15, -0.1) is 0 Å². The lowest BCUT2D eigenvalue weighted by Crippen LogP contribution is -2.46. The van der Waals surface area contributed by atoms with Crippen molar-refractivity contribution in [2.45, 2.75) is 44.6 Å². The molecule has 0 spiro atoms. The summed E-state index contributed by atoms with van der Waals surface area (Å²) in [7, 11) is -3.39. The first-order valence-corrected chi connectivity index (χ1v) is 11.7. The van der Waals surface area contributed by atoms with Crippen LogP contribution in [0, 0.1) is 5.92 Å². The normalized spacial score (nSPS) is 22.4. The van der Waals surface area contributed by atoms with Crippen LogP contribution in [0.25, 0.3) is 0 Å². The Bertz CT molecular complexity index is 717. The standard InChI is InChI=1S/C18H25BrN2O3S/c19-13-25(23,24)21-11-10-14-6-4-5-9-16(14)17(21)12-20-18(22)15-7-2-1-3-8-15/h4-6,9,15,17H,1-3,7-8,10-13H2,(H,20,22). The second-order valence-corrected chi connectivity index (χ2v) is 10.1. The fourth-order valence-corrected chi connectivity index (χ4v) is 5.80. The van der Waals surface area contributed by atoms with Gasteiger partial charge in [0.15, 0.2) is 0 Å². The van der Waals surface area contributed by atoms with Crippen LogP contribution in [0.2, 0.25) is 0 Å². The van der Waals surface area contributed by atoms with E-state index in [9.17, 15) is 13.2 Å². The van der Waals surface area contributed by atoms with Crippen LogP contribution in [0.15, 0.2) is 24.3 Å². The number of nitrogens with zero attached hydrogens (tertiary/aromatic N) is 1. The van der Waals surface area contributed by atoms with E-state index in [0.29, 0.717) is 19.5 Å². The number of rotatable bonds is 5. The highest BCUT2D eigenvalue weighted by molar-refractivity contribution is 9.10. The van der Waals surface area contributed by atoms with Gasteiger partial charge in [-0.25, -0.2) is 8.42 Å². The lowest BCUT2D eigenvalue weighted by molar-refractivity contribution is -0.126. The minimum Gasteiger partial charge on any atom is -0.354 e. The number of amides is 1. The molecule has 1 saturated carbocycles. The van der Waals surface area contributed by atoms with E-state index in [4.69, 9.17) is 0 Å². The zero-order chi connectivity index (χ0) is 17.9. The molecule has 7 heteroatoms. The number of carbonyl (C=O) groups is 1. The van der Waals surface area contributed by atoms with Gasteiger partial charge >= 0.3 is 0 Å². The van der Waals surface area contributed by atoms with Crippen molar-refractivity contribution in [1.29, 1.82) is 0 Å². The van der Waals surface area contributed by atoms with Crippen molar-refractivity contribution < 1.29 is 13.2 Å². The molecule has 1 unspecified atom stereocenters. The van der Waals surface area contributed by atoms with Gasteiger partial charge in [-0.1, -0.05) is 59.5 Å². The smallest absolute Gasteiger partial charge is 0.224 e. The Kier molecular flexibility index (Phi) is 6.17. The third-order valence-electron chi connectivity index (χ3n) is 5.30. The number of nitrogens with one attached hydrogen (secondary N) is 1. The molecule has 0 bridgehead atoms. The summed E-state index contributed by atoms with van der Waals surface area (Å²) in [6, 6.07) is 7.59. The van der Waals surface area contributed by atoms with Gasteiger partial charge in [0.1, 0.15) is 4.66 Å². The van der Waals surface area contributed by atoms with E-state index in [2.05, 4.69) is 21.2 Å². The number of benzene rings is 1. The van der Waals surface area contributed by atoms with Crippen molar-refractivity contribution >= 4 is 31.9 Å². The molecular weight excluding hydrogens is 404 g/mol. The molecule has 1 N–H and O–H groups in total. The Hall–Kier alpha value is -0.920. The van der Waals surface area contributed by atoms with Crippen LogP contribution in [0.4, 0.5) is 0 Å². The SMILES string of the molecule is O=C(NCC1c2ccccc2CCN1S(=O)(=O)CBr)C1CCCCC1. The highest BCUT2D eigenvalue weighted by atomic mass is 79.9. The fourth-order valence-electron chi connectivity index (χ4n) is 3.94. The van der Waals surface area contributed by atoms with Crippen molar-refractivity contribution in [3.05, 3.63) is 35.4 Å². The fraction of sp³-hybridized carbons (Fsp3) is 0.611. The second-order valence-electron chi connectivity index (χ2n) is 6.88. The lowest BCUT2D eigenvalue weighted by atomic mass is 9.88. The van der Waals surface area contributed by atoms with Crippen molar-refractivity contribution in [2.75, 3.05) is 17.8 Å². The minimum atomic E-state index is -3.39. The largest absolute Gasteiger partial charge is 0.354 e. The van der Waals surface area contributed by atoms with E-state index in [1.807, 2.05) is 24.3 Å². The van der Waals surface area contributed by atoms with Gasteiger partial charge in [0.2, 0.25) is 15.9 Å². The first kappa shape index (κ1) is 18.9. The molecule has 0 saturated heterocycles. The summed E-state index contributed by atoms with van der Waals surface area (Å²) in [6.45, 7) is 0.785. The average molecular weight is 429 g/mol. The zero-order valence-electron chi connectivity index (χ0n) is 14.3. The van der Waals surface area contributed by atoms with E-state index >= 15 is 0 Å². The third-order valence-corrected chi connectivity index (χ3v) is 8.47. The maximum atomic E-state index is 12.5. The molecule has 138 valence electrons. The number of hydrogen-bond acceptors (Lipinski definition) is 3. The molecule has 1 atom stereocenters. The second kappa shape index (κ2) is 8.18. The molecule has 25 heavy (non-hydrogen) atoms. The summed E-state index contributed by atoms with van der Waals surface area (Å²) in [4.78, 5) is 12.5. The monoisotopic (exact) mass is 428 g/mol. The maximum Gasteiger partial charge on any atom is 0.224 e. The molecule has 0 radical (unpaired) electrons. The van der Waals surface area contributed by atoms with Crippen molar-refractivity contribution in [3.63, 3.8) is 0 Å². The summed E-state index contributed by atoms with van der Waals surface area (Å²) in [6.07, 6.45) is 6.00. The molecule has 1 aromatic rings. The van der Waals surface area contributed by atoms with Gasteiger partial charge in [-0.3, -0.25) is 4.79 Å². The molecular formula is C18H25BrN2O3S. The van der Waals surface area contributed by atoms with E-state index in [1.54, 1.807) is 0 Å². The van der Waals surface area contributed by atoms with Gasteiger partial charge in [-0.05, 0) is 30.4 Å². The summed E-state index contributed by atoms with van der Waals surface area (Å²) in [5.41, 5.74) is 2.17. The maximum absolute atomic E-state index is 12.5. The van der Waals surface area contributed by atoms with Crippen LogP contribution < -0.4 is 5.32 Å². The van der Waals surface area contributed by atoms with Crippen LogP contribution in [-0.2, 0) is 21.2 Å². The zero-order valence-corrected chi connectivity index (χ0v) is 16.7. The molecule has 5 nitrogen and oxygen atoms in total. The average Bonchev–Trinajstić information content (AvgIpc) is 2.66. The molecule has 1 aromatic carbocycles. The quantitative estimate of drug-likeness (QED) is 0.732. The third kappa shape index (κ3) is 4.26. The van der Waals surface area contributed by atoms with Crippen molar-refractivity contribution in [2.24, 2.45) is 5.92 Å². The first-order valence-electron chi connectivity index (χ1n) is 8.94. The van der Waals surface area contributed by atoms with Gasteiger partial charge in [0, 0.05) is 19.0 Å². The number of alkyl halides is 1. The van der Waals surface area contributed by atoms with Crippen molar-refractivity contribution in [1.82, 2.24) is 9.62 Å². The van der Waals surface area contributed by atoms with Gasteiger partial charge in [0.05, 0.1) is 6.04 Å². The summed E-state index contributed by atoms with van der Waals surface area (Å²) in [5.74, 6) is 0.146. The number of sulfonamides is 1. The number of halogens is 1. The summed E-state index contributed by atoms with van der Waals surface area (Å²) in [5, 5.41) is 3.03. The summed E-state index contributed by atoms with van der Waals surface area (Å²) < 4.78 is 26.4. The number of fused-ring (bicyclic) bond motifs is 1. The molecule has 3 rings (SSSR count). The molecule has 0 aromatic heterocycles.